The maximum atomic E-state index is 12.1. The molecule has 1 N–H and O–H groups in total. The van der Waals surface area contributed by atoms with Crippen LogP contribution in [0.1, 0.15) is 31.4 Å². The number of carbonyl (C=O) groups excluding carboxylic acids is 1. The quantitative estimate of drug-likeness (QED) is 0.873. The molecule has 0 aromatic heterocycles. The molecule has 1 aromatic rings. The fraction of sp³-hybridized carbons (Fsp3) is 0.533. The van der Waals surface area contributed by atoms with E-state index in [2.05, 4.69) is 5.32 Å². The molecule has 0 fully saturated rings. The maximum Gasteiger partial charge on any atom is 0.243 e. The largest absolute Gasteiger partial charge is 0.354 e. The summed E-state index contributed by atoms with van der Waals surface area (Å²) >= 11 is 0. The van der Waals surface area contributed by atoms with Crippen molar-refractivity contribution >= 4 is 21.6 Å². The first kappa shape index (κ1) is 17.5. The third-order valence-electron chi connectivity index (χ3n) is 3.10. The highest BCUT2D eigenvalue weighted by atomic mass is 32.2. The van der Waals surface area contributed by atoms with Crippen molar-refractivity contribution in [2.75, 3.05) is 17.1 Å². The number of nitrogens with one attached hydrogen (secondary N) is 1. The molecule has 1 unspecified atom stereocenters. The van der Waals surface area contributed by atoms with E-state index in [9.17, 15) is 13.2 Å². The molecule has 1 rings (SSSR count). The monoisotopic (exact) mass is 312 g/mol. The molecule has 5 nitrogen and oxygen atoms in total. The van der Waals surface area contributed by atoms with Crippen LogP contribution in [0.5, 0.6) is 0 Å². The van der Waals surface area contributed by atoms with Crippen LogP contribution in [0.25, 0.3) is 0 Å². The Morgan fingerprint density at radius 2 is 1.76 bits per heavy atom. The van der Waals surface area contributed by atoms with E-state index >= 15 is 0 Å². The van der Waals surface area contributed by atoms with Gasteiger partial charge in [0.05, 0.1) is 11.9 Å². The summed E-state index contributed by atoms with van der Waals surface area (Å²) < 4.78 is 25.4. The van der Waals surface area contributed by atoms with Crippen molar-refractivity contribution in [3.05, 3.63) is 29.3 Å². The summed E-state index contributed by atoms with van der Waals surface area (Å²) in [5.74, 6) is -0.290. The minimum Gasteiger partial charge on any atom is -0.354 e. The Morgan fingerprint density at radius 1 is 1.24 bits per heavy atom. The Bertz CT molecular complexity index is 591. The van der Waals surface area contributed by atoms with Gasteiger partial charge >= 0.3 is 0 Å². The summed E-state index contributed by atoms with van der Waals surface area (Å²) in [4.78, 5) is 12.1. The van der Waals surface area contributed by atoms with Crippen LogP contribution in [-0.4, -0.2) is 33.2 Å². The topological polar surface area (TPSA) is 66.5 Å². The molecule has 118 valence electrons. The predicted octanol–water partition coefficient (Wildman–Crippen LogP) is 1.98. The maximum absolute atomic E-state index is 12.1. The number of sulfonamides is 1. The first-order chi connectivity index (χ1) is 9.66. The molecule has 0 heterocycles. The minimum absolute atomic E-state index is 0.290. The van der Waals surface area contributed by atoms with Crippen LogP contribution in [0.2, 0.25) is 0 Å². The Balaban J connectivity index is 3.21. The fourth-order valence-corrected chi connectivity index (χ4v) is 3.44. The van der Waals surface area contributed by atoms with Gasteiger partial charge in [-0.05, 0) is 50.5 Å². The standard InChI is InChI=1S/C15H24N2O3S/c1-6-7-16-15(18)13(4)17(21(5,19)20)14-9-11(2)8-12(3)10-14/h8-10,13H,6-7H2,1-5H3,(H,16,18). The molecule has 0 spiro atoms. The molecule has 6 heteroatoms. The molecule has 0 bridgehead atoms. The molecule has 1 aromatic carbocycles. The van der Waals surface area contributed by atoms with Gasteiger partial charge in [0.2, 0.25) is 15.9 Å². The number of rotatable bonds is 6. The second-order valence-corrected chi connectivity index (χ2v) is 7.23. The van der Waals surface area contributed by atoms with Crippen molar-refractivity contribution in [1.29, 1.82) is 0 Å². The van der Waals surface area contributed by atoms with Gasteiger partial charge in [0.1, 0.15) is 6.04 Å². The molecular formula is C15H24N2O3S. The lowest BCUT2D eigenvalue weighted by Gasteiger charge is -2.28. The number of hydrogen-bond acceptors (Lipinski definition) is 3. The van der Waals surface area contributed by atoms with Gasteiger partial charge in [-0.25, -0.2) is 8.42 Å². The van der Waals surface area contributed by atoms with Crippen molar-refractivity contribution in [3.8, 4) is 0 Å². The Labute approximate surface area is 127 Å². The van der Waals surface area contributed by atoms with Gasteiger partial charge in [-0.3, -0.25) is 9.10 Å². The molecule has 21 heavy (non-hydrogen) atoms. The molecule has 0 saturated carbocycles. The van der Waals surface area contributed by atoms with Gasteiger partial charge in [0, 0.05) is 6.54 Å². The van der Waals surface area contributed by atoms with Crippen LogP contribution in [0.3, 0.4) is 0 Å². The van der Waals surface area contributed by atoms with E-state index < -0.39 is 16.1 Å². The van der Waals surface area contributed by atoms with Crippen LogP contribution in [-0.2, 0) is 14.8 Å². The number of carbonyl (C=O) groups is 1. The van der Waals surface area contributed by atoms with E-state index in [-0.39, 0.29) is 5.91 Å². The molecule has 0 aliphatic heterocycles. The third kappa shape index (κ3) is 4.74. The van der Waals surface area contributed by atoms with Crippen LogP contribution in [0, 0.1) is 13.8 Å². The Kier molecular flexibility index (Phi) is 5.78. The van der Waals surface area contributed by atoms with Crippen molar-refractivity contribution in [2.24, 2.45) is 0 Å². The van der Waals surface area contributed by atoms with Crippen molar-refractivity contribution in [3.63, 3.8) is 0 Å². The second-order valence-electron chi connectivity index (χ2n) is 5.37. The lowest BCUT2D eigenvalue weighted by Crippen LogP contribution is -2.48. The second kappa shape index (κ2) is 6.93. The summed E-state index contributed by atoms with van der Waals surface area (Å²) in [6.07, 6.45) is 1.93. The third-order valence-corrected chi connectivity index (χ3v) is 4.34. The normalized spacial score (nSPS) is 12.8. The van der Waals surface area contributed by atoms with Gasteiger partial charge in [-0.15, -0.1) is 0 Å². The molecule has 0 aliphatic carbocycles. The van der Waals surface area contributed by atoms with Crippen LogP contribution in [0.15, 0.2) is 18.2 Å². The average Bonchev–Trinajstić information content (AvgIpc) is 2.32. The SMILES string of the molecule is CCCNC(=O)C(C)N(c1cc(C)cc(C)c1)S(C)(=O)=O. The van der Waals surface area contributed by atoms with Crippen molar-refractivity contribution < 1.29 is 13.2 Å². The van der Waals surface area contributed by atoms with Crippen LogP contribution < -0.4 is 9.62 Å². The first-order valence-electron chi connectivity index (χ1n) is 7.02. The van der Waals surface area contributed by atoms with E-state index in [1.807, 2.05) is 26.8 Å². The Morgan fingerprint density at radius 3 is 2.19 bits per heavy atom. The van der Waals surface area contributed by atoms with Crippen molar-refractivity contribution in [1.82, 2.24) is 5.32 Å². The fourth-order valence-electron chi connectivity index (χ4n) is 2.28. The highest BCUT2D eigenvalue weighted by molar-refractivity contribution is 7.92. The summed E-state index contributed by atoms with van der Waals surface area (Å²) in [5.41, 5.74) is 2.44. The summed E-state index contributed by atoms with van der Waals surface area (Å²) in [7, 11) is -3.55. The van der Waals surface area contributed by atoms with Gasteiger partial charge in [-0.2, -0.15) is 0 Å². The van der Waals surface area contributed by atoms with Crippen molar-refractivity contribution in [2.45, 2.75) is 40.2 Å². The zero-order valence-electron chi connectivity index (χ0n) is 13.3. The molecular weight excluding hydrogens is 288 g/mol. The lowest BCUT2D eigenvalue weighted by molar-refractivity contribution is -0.121. The van der Waals surface area contributed by atoms with Gasteiger partial charge in [0.15, 0.2) is 0 Å². The zero-order valence-corrected chi connectivity index (χ0v) is 14.1. The summed E-state index contributed by atoms with van der Waals surface area (Å²) in [6, 6.07) is 4.73. The molecule has 0 saturated heterocycles. The van der Waals surface area contributed by atoms with E-state index in [1.54, 1.807) is 19.1 Å². The molecule has 0 aliphatic rings. The van der Waals surface area contributed by atoms with E-state index in [0.29, 0.717) is 12.2 Å². The van der Waals surface area contributed by atoms with Crippen LogP contribution >= 0.6 is 0 Å². The Hall–Kier alpha value is -1.56. The van der Waals surface area contributed by atoms with Gasteiger partial charge < -0.3 is 5.32 Å². The number of nitrogens with zero attached hydrogens (tertiary/aromatic N) is 1. The average molecular weight is 312 g/mol. The number of anilines is 1. The van der Waals surface area contributed by atoms with Crippen LogP contribution in [0.4, 0.5) is 5.69 Å². The summed E-state index contributed by atoms with van der Waals surface area (Å²) in [6.45, 7) is 7.89. The lowest BCUT2D eigenvalue weighted by atomic mass is 10.1. The van der Waals surface area contributed by atoms with Gasteiger partial charge in [0.25, 0.3) is 0 Å². The first-order valence-corrected chi connectivity index (χ1v) is 8.87. The number of hydrogen-bond donors (Lipinski definition) is 1. The number of aryl methyl sites for hydroxylation is 2. The molecule has 0 radical (unpaired) electrons. The van der Waals surface area contributed by atoms with Gasteiger partial charge in [-0.1, -0.05) is 13.0 Å². The highest BCUT2D eigenvalue weighted by Gasteiger charge is 2.29. The molecule has 1 atom stereocenters. The van der Waals surface area contributed by atoms with E-state index in [0.717, 1.165) is 23.8 Å². The smallest absolute Gasteiger partial charge is 0.243 e. The minimum atomic E-state index is -3.55. The summed E-state index contributed by atoms with van der Waals surface area (Å²) in [5, 5.41) is 2.74. The van der Waals surface area contributed by atoms with E-state index in [4.69, 9.17) is 0 Å². The predicted molar refractivity (Wildman–Crippen MR) is 86.0 cm³/mol. The highest BCUT2D eigenvalue weighted by Crippen LogP contribution is 2.23. The molecule has 1 amide bonds. The van der Waals surface area contributed by atoms with E-state index in [1.165, 1.54) is 4.31 Å². The number of benzene rings is 1. The number of amides is 1. The zero-order chi connectivity index (χ0) is 16.2.